The molecule has 1 N–H and O–H groups in total. The molecule has 2 aliphatic rings. The third-order valence-corrected chi connectivity index (χ3v) is 4.27. The van der Waals surface area contributed by atoms with E-state index in [2.05, 4.69) is 5.32 Å². The van der Waals surface area contributed by atoms with Gasteiger partial charge >= 0.3 is 0 Å². The van der Waals surface area contributed by atoms with Crippen molar-refractivity contribution in [2.75, 3.05) is 32.7 Å². The van der Waals surface area contributed by atoms with Gasteiger partial charge in [-0.3, -0.25) is 24.6 Å². The van der Waals surface area contributed by atoms with Crippen molar-refractivity contribution in [3.63, 3.8) is 0 Å². The Morgan fingerprint density at radius 2 is 1.92 bits per heavy atom. The second kappa shape index (κ2) is 6.96. The lowest BCUT2D eigenvalue weighted by Crippen LogP contribution is -2.51. The van der Waals surface area contributed by atoms with Crippen LogP contribution in [0.15, 0.2) is 24.3 Å². The fourth-order valence-corrected chi connectivity index (χ4v) is 2.75. The summed E-state index contributed by atoms with van der Waals surface area (Å²) < 4.78 is 0. The molecule has 8 nitrogen and oxygen atoms in total. The fourth-order valence-electron chi connectivity index (χ4n) is 2.75. The summed E-state index contributed by atoms with van der Waals surface area (Å²) in [6.45, 7) is 2.63. The zero-order valence-corrected chi connectivity index (χ0v) is 13.3. The number of non-ortho nitro benzene ring substituents is 1. The van der Waals surface area contributed by atoms with E-state index < -0.39 is 4.92 Å². The Morgan fingerprint density at radius 1 is 1.21 bits per heavy atom. The average molecular weight is 332 g/mol. The smallest absolute Gasteiger partial charge is 0.270 e. The number of carbonyl (C=O) groups is 2. The lowest BCUT2D eigenvalue weighted by atomic mass is 10.1. The lowest BCUT2D eigenvalue weighted by molar-refractivity contribution is -0.384. The Kier molecular flexibility index (Phi) is 4.75. The number of nitro groups is 1. The van der Waals surface area contributed by atoms with Crippen molar-refractivity contribution in [2.45, 2.75) is 18.9 Å². The van der Waals surface area contributed by atoms with Crippen molar-refractivity contribution in [1.29, 1.82) is 0 Å². The minimum atomic E-state index is -0.507. The van der Waals surface area contributed by atoms with E-state index in [9.17, 15) is 19.7 Å². The number of nitro benzene ring substituents is 1. The summed E-state index contributed by atoms with van der Waals surface area (Å²) in [6, 6.07) is 6.13. The highest BCUT2D eigenvalue weighted by molar-refractivity contribution is 5.95. The molecule has 0 atom stereocenters. The van der Waals surface area contributed by atoms with E-state index in [4.69, 9.17) is 0 Å². The Bertz CT molecular complexity index is 651. The number of hydrogen-bond acceptors (Lipinski definition) is 5. The third kappa shape index (κ3) is 4.08. The second-order valence-electron chi connectivity index (χ2n) is 6.22. The minimum absolute atomic E-state index is 0.0379. The van der Waals surface area contributed by atoms with E-state index in [1.165, 1.54) is 18.2 Å². The summed E-state index contributed by atoms with van der Waals surface area (Å²) in [5.41, 5.74) is 0.236. The van der Waals surface area contributed by atoms with E-state index in [0.29, 0.717) is 44.3 Å². The van der Waals surface area contributed by atoms with Gasteiger partial charge in [0.25, 0.3) is 11.6 Å². The molecule has 1 saturated carbocycles. The SMILES string of the molecule is O=C(CN1CCN(C(=O)c2cccc([N+](=O)[O-])c2)CC1)NC1CC1. The summed E-state index contributed by atoms with van der Waals surface area (Å²) in [5.74, 6) is -0.170. The molecule has 0 unspecified atom stereocenters. The van der Waals surface area contributed by atoms with Crippen LogP contribution in [0.4, 0.5) is 5.69 Å². The Labute approximate surface area is 139 Å². The molecule has 0 bridgehead atoms. The molecule has 2 fully saturated rings. The van der Waals surface area contributed by atoms with Crippen LogP contribution in [0.25, 0.3) is 0 Å². The van der Waals surface area contributed by atoms with Crippen LogP contribution in [0.1, 0.15) is 23.2 Å². The quantitative estimate of drug-likeness (QED) is 0.630. The van der Waals surface area contributed by atoms with Crippen molar-refractivity contribution in [2.24, 2.45) is 0 Å². The summed E-state index contributed by atoms with van der Waals surface area (Å²) in [7, 11) is 0. The van der Waals surface area contributed by atoms with Crippen molar-refractivity contribution < 1.29 is 14.5 Å². The predicted molar refractivity (Wildman–Crippen MR) is 86.6 cm³/mol. The molecule has 3 rings (SSSR count). The first kappa shape index (κ1) is 16.4. The largest absolute Gasteiger partial charge is 0.352 e. The molecule has 1 aromatic rings. The molecule has 24 heavy (non-hydrogen) atoms. The van der Waals surface area contributed by atoms with Gasteiger partial charge in [0.15, 0.2) is 0 Å². The number of nitrogens with zero attached hydrogens (tertiary/aromatic N) is 3. The molecule has 0 radical (unpaired) electrons. The van der Waals surface area contributed by atoms with Gasteiger partial charge in [-0.2, -0.15) is 0 Å². The van der Waals surface area contributed by atoms with Gasteiger partial charge in [-0.1, -0.05) is 6.07 Å². The van der Waals surface area contributed by atoms with Gasteiger partial charge in [-0.05, 0) is 18.9 Å². The summed E-state index contributed by atoms with van der Waals surface area (Å²) in [6.07, 6.45) is 2.13. The van der Waals surface area contributed by atoms with Crippen LogP contribution in [-0.4, -0.2) is 65.3 Å². The standard InChI is InChI=1S/C16H20N4O4/c21-15(17-13-4-5-13)11-18-6-8-19(9-7-18)16(22)12-2-1-3-14(10-12)20(23)24/h1-3,10,13H,4-9,11H2,(H,17,21). The second-order valence-corrected chi connectivity index (χ2v) is 6.22. The highest BCUT2D eigenvalue weighted by atomic mass is 16.6. The zero-order valence-electron chi connectivity index (χ0n) is 13.3. The van der Waals surface area contributed by atoms with Crippen LogP contribution >= 0.6 is 0 Å². The van der Waals surface area contributed by atoms with Gasteiger partial charge in [0, 0.05) is 49.9 Å². The maximum absolute atomic E-state index is 12.5. The van der Waals surface area contributed by atoms with Gasteiger partial charge in [0.05, 0.1) is 11.5 Å². The maximum Gasteiger partial charge on any atom is 0.270 e. The summed E-state index contributed by atoms with van der Waals surface area (Å²) in [5, 5.41) is 13.8. The number of amides is 2. The van der Waals surface area contributed by atoms with Crippen LogP contribution in [0.2, 0.25) is 0 Å². The Balaban J connectivity index is 1.52. The van der Waals surface area contributed by atoms with Crippen molar-refractivity contribution in [1.82, 2.24) is 15.1 Å². The van der Waals surface area contributed by atoms with Gasteiger partial charge in [0.2, 0.25) is 5.91 Å². The molecule has 0 aromatic heterocycles. The predicted octanol–water partition coefficient (Wildman–Crippen LogP) is 0.631. The van der Waals surface area contributed by atoms with E-state index in [1.54, 1.807) is 11.0 Å². The van der Waals surface area contributed by atoms with Gasteiger partial charge in [-0.15, -0.1) is 0 Å². The van der Waals surface area contributed by atoms with Crippen molar-refractivity contribution in [3.05, 3.63) is 39.9 Å². The number of rotatable bonds is 5. The Hall–Kier alpha value is -2.48. The first-order valence-electron chi connectivity index (χ1n) is 8.08. The molecule has 1 aliphatic heterocycles. The first-order valence-corrected chi connectivity index (χ1v) is 8.08. The van der Waals surface area contributed by atoms with E-state index in [1.807, 2.05) is 4.90 Å². The molecule has 1 heterocycles. The molecule has 1 aromatic carbocycles. The van der Waals surface area contributed by atoms with Crippen LogP contribution in [0.3, 0.4) is 0 Å². The van der Waals surface area contributed by atoms with Gasteiger partial charge in [-0.25, -0.2) is 0 Å². The van der Waals surface area contributed by atoms with Crippen LogP contribution in [0.5, 0.6) is 0 Å². The van der Waals surface area contributed by atoms with Crippen LogP contribution in [0, 0.1) is 10.1 Å². The number of hydrogen-bond donors (Lipinski definition) is 1. The molecule has 0 spiro atoms. The number of carbonyl (C=O) groups excluding carboxylic acids is 2. The van der Waals surface area contributed by atoms with E-state index in [-0.39, 0.29) is 17.5 Å². The zero-order chi connectivity index (χ0) is 17.1. The van der Waals surface area contributed by atoms with E-state index >= 15 is 0 Å². The van der Waals surface area contributed by atoms with Gasteiger partial charge in [0.1, 0.15) is 0 Å². The highest BCUT2D eigenvalue weighted by Gasteiger charge is 2.27. The summed E-state index contributed by atoms with van der Waals surface area (Å²) in [4.78, 5) is 38.3. The molecular formula is C16H20N4O4. The highest BCUT2D eigenvalue weighted by Crippen LogP contribution is 2.18. The fraction of sp³-hybridized carbons (Fsp3) is 0.500. The molecular weight excluding hydrogens is 312 g/mol. The minimum Gasteiger partial charge on any atom is -0.352 e. The molecule has 2 amide bonds. The van der Waals surface area contributed by atoms with Crippen molar-refractivity contribution in [3.8, 4) is 0 Å². The third-order valence-electron chi connectivity index (χ3n) is 4.27. The van der Waals surface area contributed by atoms with Crippen LogP contribution < -0.4 is 5.32 Å². The van der Waals surface area contributed by atoms with Gasteiger partial charge < -0.3 is 10.2 Å². The van der Waals surface area contributed by atoms with E-state index in [0.717, 1.165) is 12.8 Å². The lowest BCUT2D eigenvalue weighted by Gasteiger charge is -2.34. The monoisotopic (exact) mass is 332 g/mol. The maximum atomic E-state index is 12.5. The number of benzene rings is 1. The van der Waals surface area contributed by atoms with Crippen LogP contribution in [-0.2, 0) is 4.79 Å². The molecule has 1 aliphatic carbocycles. The Morgan fingerprint density at radius 3 is 2.54 bits per heavy atom. The molecule has 1 saturated heterocycles. The normalized spacial score (nSPS) is 18.2. The topological polar surface area (TPSA) is 95.8 Å². The average Bonchev–Trinajstić information content (AvgIpc) is 3.39. The van der Waals surface area contributed by atoms with Crippen molar-refractivity contribution >= 4 is 17.5 Å². The molecule has 128 valence electrons. The number of piperazine rings is 1. The first-order chi connectivity index (χ1) is 11.5. The molecule has 8 heteroatoms. The summed E-state index contributed by atoms with van der Waals surface area (Å²) >= 11 is 0. The number of nitrogens with one attached hydrogen (secondary N) is 1.